The van der Waals surface area contributed by atoms with Crippen molar-refractivity contribution in [3.63, 3.8) is 0 Å². The van der Waals surface area contributed by atoms with Gasteiger partial charge >= 0.3 is 5.97 Å². The van der Waals surface area contributed by atoms with E-state index >= 15 is 0 Å². The molecule has 2 aromatic carbocycles. The van der Waals surface area contributed by atoms with Crippen LogP contribution in [0.5, 0.6) is 5.75 Å². The van der Waals surface area contributed by atoms with E-state index in [1.54, 1.807) is 18.2 Å². The van der Waals surface area contributed by atoms with Crippen molar-refractivity contribution in [2.24, 2.45) is 0 Å². The first-order chi connectivity index (χ1) is 10.4. The molecule has 0 saturated carbocycles. The van der Waals surface area contributed by atoms with Gasteiger partial charge in [-0.1, -0.05) is 35.3 Å². The quantitative estimate of drug-likeness (QED) is 0.797. The number of aromatic hydroxyl groups is 1. The van der Waals surface area contributed by atoms with E-state index in [1.807, 2.05) is 0 Å². The Morgan fingerprint density at radius 1 is 1.05 bits per heavy atom. The van der Waals surface area contributed by atoms with E-state index in [0.29, 0.717) is 10.0 Å². The van der Waals surface area contributed by atoms with E-state index in [4.69, 9.17) is 28.3 Å². The van der Waals surface area contributed by atoms with Crippen LogP contribution in [0.4, 0.5) is 0 Å². The highest BCUT2D eigenvalue weighted by Gasteiger charge is 2.17. The van der Waals surface area contributed by atoms with Crippen LogP contribution in [0.25, 0.3) is 0 Å². The fourth-order valence-electron chi connectivity index (χ4n) is 1.83. The summed E-state index contributed by atoms with van der Waals surface area (Å²) in [4.78, 5) is 23.0. The third-order valence-electron chi connectivity index (χ3n) is 2.95. The summed E-state index contributed by atoms with van der Waals surface area (Å²) in [6.45, 7) is 0.159. The van der Waals surface area contributed by atoms with Crippen molar-refractivity contribution >= 4 is 35.1 Å². The molecule has 0 atom stereocenters. The van der Waals surface area contributed by atoms with Gasteiger partial charge in [0.25, 0.3) is 5.91 Å². The lowest BCUT2D eigenvalue weighted by atomic mass is 10.1. The normalized spacial score (nSPS) is 10.3. The summed E-state index contributed by atoms with van der Waals surface area (Å²) in [5.41, 5.74) is 0.277. The molecule has 0 saturated heterocycles. The minimum absolute atomic E-state index is 0.111. The van der Waals surface area contributed by atoms with Crippen LogP contribution in [0.1, 0.15) is 26.3 Å². The van der Waals surface area contributed by atoms with E-state index in [9.17, 15) is 14.7 Å². The van der Waals surface area contributed by atoms with E-state index in [-0.39, 0.29) is 17.7 Å². The van der Waals surface area contributed by atoms with Crippen molar-refractivity contribution in [3.8, 4) is 5.75 Å². The van der Waals surface area contributed by atoms with Crippen LogP contribution in [-0.4, -0.2) is 22.1 Å². The van der Waals surface area contributed by atoms with E-state index in [2.05, 4.69) is 5.32 Å². The third-order valence-corrected chi connectivity index (χ3v) is 3.69. The molecular weight excluding hydrogens is 329 g/mol. The monoisotopic (exact) mass is 339 g/mol. The molecule has 5 nitrogen and oxygen atoms in total. The van der Waals surface area contributed by atoms with Gasteiger partial charge in [-0.15, -0.1) is 0 Å². The van der Waals surface area contributed by atoms with Crippen molar-refractivity contribution in [3.05, 3.63) is 63.1 Å². The van der Waals surface area contributed by atoms with Gasteiger partial charge in [-0.2, -0.15) is 0 Å². The highest BCUT2D eigenvalue weighted by molar-refractivity contribution is 6.42. The first-order valence-corrected chi connectivity index (χ1v) is 6.93. The number of carbonyl (C=O) groups excluding carboxylic acids is 1. The second kappa shape index (κ2) is 6.68. The highest BCUT2D eigenvalue weighted by Crippen LogP contribution is 2.24. The number of hydrogen-bond acceptors (Lipinski definition) is 3. The van der Waals surface area contributed by atoms with Gasteiger partial charge in [-0.25, -0.2) is 4.79 Å². The number of carboxylic acids is 1. The molecule has 7 heteroatoms. The number of phenols is 1. The van der Waals surface area contributed by atoms with Gasteiger partial charge in [0.15, 0.2) is 0 Å². The number of hydrogen-bond donors (Lipinski definition) is 3. The van der Waals surface area contributed by atoms with E-state index < -0.39 is 17.6 Å². The molecule has 0 radical (unpaired) electrons. The molecule has 1 amide bonds. The first-order valence-electron chi connectivity index (χ1n) is 6.17. The summed E-state index contributed by atoms with van der Waals surface area (Å²) in [5, 5.41) is 22.1. The molecule has 0 unspecified atom stereocenters. The molecule has 0 bridgehead atoms. The molecule has 0 aliphatic carbocycles. The van der Waals surface area contributed by atoms with Gasteiger partial charge in [-0.3, -0.25) is 4.79 Å². The Balaban J connectivity index is 2.14. The van der Waals surface area contributed by atoms with Crippen molar-refractivity contribution in [1.29, 1.82) is 0 Å². The molecule has 22 heavy (non-hydrogen) atoms. The third kappa shape index (κ3) is 3.50. The summed E-state index contributed by atoms with van der Waals surface area (Å²) in [6, 6.07) is 8.85. The summed E-state index contributed by atoms with van der Waals surface area (Å²) in [6.07, 6.45) is 0. The Kier molecular flexibility index (Phi) is 4.90. The maximum Gasteiger partial charge on any atom is 0.339 e. The van der Waals surface area contributed by atoms with E-state index in [0.717, 1.165) is 5.56 Å². The van der Waals surface area contributed by atoms with Crippen LogP contribution in [0.2, 0.25) is 10.0 Å². The SMILES string of the molecule is O=C(O)c1cccc(C(=O)NCc2ccc(Cl)c(Cl)c2)c1O. The summed E-state index contributed by atoms with van der Waals surface area (Å²) in [5.74, 6) is -2.47. The molecule has 114 valence electrons. The Hall–Kier alpha value is -2.24. The molecule has 0 heterocycles. The highest BCUT2D eigenvalue weighted by atomic mass is 35.5. The van der Waals surface area contributed by atoms with Crippen molar-refractivity contribution < 1.29 is 19.8 Å². The topological polar surface area (TPSA) is 86.6 Å². The number of nitrogens with one attached hydrogen (secondary N) is 1. The van der Waals surface area contributed by atoms with Gasteiger partial charge in [0.2, 0.25) is 0 Å². The number of amides is 1. The fraction of sp³-hybridized carbons (Fsp3) is 0.0667. The largest absolute Gasteiger partial charge is 0.506 e. The Morgan fingerprint density at radius 2 is 1.73 bits per heavy atom. The Morgan fingerprint density at radius 3 is 2.36 bits per heavy atom. The predicted molar refractivity (Wildman–Crippen MR) is 82.7 cm³/mol. The minimum atomic E-state index is -1.31. The number of halogens is 2. The van der Waals surface area contributed by atoms with Crippen LogP contribution >= 0.6 is 23.2 Å². The Labute approximate surface area is 136 Å². The average Bonchev–Trinajstić information content (AvgIpc) is 2.48. The van der Waals surface area contributed by atoms with Crippen LogP contribution in [-0.2, 0) is 6.54 Å². The molecular formula is C15H11Cl2NO4. The number of para-hydroxylation sites is 1. The molecule has 0 aliphatic rings. The summed E-state index contributed by atoms with van der Waals surface area (Å²) in [7, 11) is 0. The zero-order valence-corrected chi connectivity index (χ0v) is 12.6. The zero-order chi connectivity index (χ0) is 16.3. The lowest BCUT2D eigenvalue weighted by molar-refractivity contribution is 0.0693. The molecule has 2 rings (SSSR count). The van der Waals surface area contributed by atoms with Crippen molar-refractivity contribution in [1.82, 2.24) is 5.32 Å². The fourth-order valence-corrected chi connectivity index (χ4v) is 2.15. The lowest BCUT2D eigenvalue weighted by Gasteiger charge is -2.09. The average molecular weight is 340 g/mol. The van der Waals surface area contributed by atoms with Crippen LogP contribution in [0.3, 0.4) is 0 Å². The maximum atomic E-state index is 12.0. The number of carboxylic acid groups (broad SMARTS) is 1. The second-order valence-corrected chi connectivity index (χ2v) is 5.25. The predicted octanol–water partition coefficient (Wildman–Crippen LogP) is 3.33. The van der Waals surface area contributed by atoms with Crippen LogP contribution < -0.4 is 5.32 Å². The zero-order valence-electron chi connectivity index (χ0n) is 11.1. The molecule has 0 aromatic heterocycles. The first kappa shape index (κ1) is 16.1. The van der Waals surface area contributed by atoms with Crippen LogP contribution in [0.15, 0.2) is 36.4 Å². The van der Waals surface area contributed by atoms with Crippen molar-refractivity contribution in [2.75, 3.05) is 0 Å². The van der Waals surface area contributed by atoms with Gasteiger partial charge in [-0.05, 0) is 29.8 Å². The maximum absolute atomic E-state index is 12.0. The second-order valence-electron chi connectivity index (χ2n) is 4.44. The van der Waals surface area contributed by atoms with Gasteiger partial charge < -0.3 is 15.5 Å². The van der Waals surface area contributed by atoms with Crippen LogP contribution in [0, 0.1) is 0 Å². The van der Waals surface area contributed by atoms with Gasteiger partial charge in [0.05, 0.1) is 15.6 Å². The number of benzene rings is 2. The van der Waals surface area contributed by atoms with Gasteiger partial charge in [0, 0.05) is 6.54 Å². The van der Waals surface area contributed by atoms with E-state index in [1.165, 1.54) is 18.2 Å². The summed E-state index contributed by atoms with van der Waals surface area (Å²) < 4.78 is 0. The molecule has 3 N–H and O–H groups in total. The molecule has 0 spiro atoms. The Bertz CT molecular complexity index is 746. The molecule has 0 fully saturated rings. The molecule has 2 aromatic rings. The number of carbonyl (C=O) groups is 2. The smallest absolute Gasteiger partial charge is 0.339 e. The minimum Gasteiger partial charge on any atom is -0.506 e. The molecule has 0 aliphatic heterocycles. The van der Waals surface area contributed by atoms with Gasteiger partial charge in [0.1, 0.15) is 11.3 Å². The van der Waals surface area contributed by atoms with Crippen molar-refractivity contribution in [2.45, 2.75) is 6.54 Å². The number of rotatable bonds is 4. The number of aromatic carboxylic acids is 1. The summed E-state index contributed by atoms with van der Waals surface area (Å²) >= 11 is 11.7. The standard InChI is InChI=1S/C15H11Cl2NO4/c16-11-5-4-8(6-12(11)17)7-18-14(20)9-2-1-3-10(13(9)19)15(21)22/h1-6,19H,7H2,(H,18,20)(H,21,22). The lowest BCUT2D eigenvalue weighted by Crippen LogP contribution is -2.23.